The number of unbranched alkanes of at least 4 members (excludes halogenated alkanes) is 2. The molecule has 0 radical (unpaired) electrons. The van der Waals surface area contributed by atoms with E-state index in [2.05, 4.69) is 15.6 Å². The highest BCUT2D eigenvalue weighted by atomic mass is 127. The molecule has 2 amide bonds. The Bertz CT molecular complexity index is 825. The number of H-pyrrole nitrogens is 1. The number of aliphatic hydroxyl groups is 2. The molecule has 12 heteroatoms. The van der Waals surface area contributed by atoms with Gasteiger partial charge in [0.2, 0.25) is 11.8 Å². The van der Waals surface area contributed by atoms with Crippen molar-refractivity contribution in [3.05, 3.63) is 27.0 Å². The molecule has 11 nitrogen and oxygen atoms in total. The fourth-order valence-corrected chi connectivity index (χ4v) is 3.18. The van der Waals surface area contributed by atoms with E-state index in [1.807, 2.05) is 22.6 Å². The van der Waals surface area contributed by atoms with E-state index in [0.29, 0.717) is 17.4 Å². The predicted octanol–water partition coefficient (Wildman–Crippen LogP) is -0.773. The van der Waals surface area contributed by atoms with Crippen molar-refractivity contribution in [3.63, 3.8) is 0 Å². The average Bonchev–Trinajstić information content (AvgIpc) is 3.06. The van der Waals surface area contributed by atoms with Crippen molar-refractivity contribution in [1.29, 1.82) is 0 Å². The molecule has 29 heavy (non-hydrogen) atoms. The van der Waals surface area contributed by atoms with E-state index >= 15 is 0 Å². The van der Waals surface area contributed by atoms with E-state index in [1.165, 1.54) is 6.20 Å². The lowest BCUT2D eigenvalue weighted by atomic mass is 10.2. The van der Waals surface area contributed by atoms with Gasteiger partial charge in [-0.25, -0.2) is 4.79 Å². The molecular weight excluding hydrogens is 499 g/mol. The smallest absolute Gasteiger partial charge is 0.330 e. The Morgan fingerprint density at radius 3 is 2.69 bits per heavy atom. The van der Waals surface area contributed by atoms with Gasteiger partial charge in [0, 0.05) is 25.6 Å². The van der Waals surface area contributed by atoms with Gasteiger partial charge in [-0.15, -0.1) is 0 Å². The second-order valence-electron chi connectivity index (χ2n) is 6.67. The molecule has 0 aromatic carbocycles. The van der Waals surface area contributed by atoms with Gasteiger partial charge in [0.25, 0.3) is 5.56 Å². The van der Waals surface area contributed by atoms with E-state index in [9.17, 15) is 24.3 Å². The molecule has 5 N–H and O–H groups in total. The topological polar surface area (TPSA) is 163 Å². The van der Waals surface area contributed by atoms with Crippen molar-refractivity contribution in [2.45, 2.75) is 50.5 Å². The Balaban J connectivity index is 1.89. The number of nitrogens with zero attached hydrogens (tertiary/aromatic N) is 1. The van der Waals surface area contributed by atoms with Gasteiger partial charge in [0.1, 0.15) is 18.0 Å². The number of carbonyl (C=O) groups is 2. The van der Waals surface area contributed by atoms with Crippen molar-refractivity contribution in [2.75, 3.05) is 22.9 Å². The predicted molar refractivity (Wildman–Crippen MR) is 112 cm³/mol. The van der Waals surface area contributed by atoms with E-state index in [0.717, 1.165) is 17.4 Å². The number of aliphatic hydroxyl groups excluding tert-OH is 2. The Hall–Kier alpha value is -1.77. The number of rotatable bonds is 10. The summed E-state index contributed by atoms with van der Waals surface area (Å²) in [7, 11) is 0. The number of alkyl halides is 1. The molecule has 1 fully saturated rings. The van der Waals surface area contributed by atoms with Crippen molar-refractivity contribution >= 4 is 40.1 Å². The molecular formula is C17H25IN4O7. The van der Waals surface area contributed by atoms with Crippen LogP contribution in [0.4, 0.5) is 5.69 Å². The third kappa shape index (κ3) is 6.90. The van der Waals surface area contributed by atoms with E-state index < -0.39 is 36.3 Å². The molecule has 0 unspecified atom stereocenters. The molecule has 1 saturated heterocycles. The number of hydrogen-bond acceptors (Lipinski definition) is 7. The van der Waals surface area contributed by atoms with Gasteiger partial charge in [-0.1, -0.05) is 29.0 Å². The van der Waals surface area contributed by atoms with Gasteiger partial charge >= 0.3 is 5.69 Å². The second-order valence-corrected chi connectivity index (χ2v) is 7.43. The Kier molecular flexibility index (Phi) is 9.26. The molecule has 1 aliphatic heterocycles. The first kappa shape index (κ1) is 23.5. The zero-order valence-electron chi connectivity index (χ0n) is 15.7. The minimum absolute atomic E-state index is 0.0261. The van der Waals surface area contributed by atoms with Crippen LogP contribution in [0.1, 0.15) is 38.3 Å². The number of hydrogen-bond donors (Lipinski definition) is 5. The summed E-state index contributed by atoms with van der Waals surface area (Å²) in [5.41, 5.74) is -1.58. The maximum Gasteiger partial charge on any atom is 0.330 e. The monoisotopic (exact) mass is 524 g/mol. The molecule has 2 rings (SSSR count). The van der Waals surface area contributed by atoms with Gasteiger partial charge in [-0.3, -0.25) is 23.9 Å². The minimum Gasteiger partial charge on any atom is -0.394 e. The lowest BCUT2D eigenvalue weighted by molar-refractivity contribution is -0.118. The van der Waals surface area contributed by atoms with Crippen LogP contribution in [0.25, 0.3) is 0 Å². The van der Waals surface area contributed by atoms with Crippen LogP contribution >= 0.6 is 22.6 Å². The van der Waals surface area contributed by atoms with Crippen molar-refractivity contribution in [2.24, 2.45) is 0 Å². The van der Waals surface area contributed by atoms with Crippen LogP contribution in [0.2, 0.25) is 0 Å². The maximum absolute atomic E-state index is 12.1. The van der Waals surface area contributed by atoms with Gasteiger partial charge in [-0.05, 0) is 12.8 Å². The summed E-state index contributed by atoms with van der Waals surface area (Å²) >= 11 is 1.98. The number of carbonyl (C=O) groups excluding carboxylic acids is 2. The highest BCUT2D eigenvalue weighted by molar-refractivity contribution is 14.1. The van der Waals surface area contributed by atoms with Crippen molar-refractivity contribution in [3.8, 4) is 0 Å². The summed E-state index contributed by atoms with van der Waals surface area (Å²) in [6.07, 6.45) is 0.871. The Morgan fingerprint density at radius 1 is 1.28 bits per heavy atom. The van der Waals surface area contributed by atoms with Crippen LogP contribution in [0, 0.1) is 0 Å². The molecule has 0 spiro atoms. The summed E-state index contributed by atoms with van der Waals surface area (Å²) in [6.45, 7) is 0.150. The highest BCUT2D eigenvalue weighted by Crippen LogP contribution is 2.27. The number of ether oxygens (including phenoxy) is 1. The standard InChI is InChI=1S/C17H25IN4O7/c18-7-14(26)19-5-3-1-2-4-13(25)20-10-8-22(17(28)21-16(10)27)15-6-11(24)12(9-23)29-15/h8,11-12,15,23-24H,1-7,9H2,(H,19,26)(H,20,25)(H,21,27,28)/t11-,12+,15+/m0/s1. The molecule has 2 heterocycles. The van der Waals surface area contributed by atoms with Crippen molar-refractivity contribution in [1.82, 2.24) is 14.9 Å². The summed E-state index contributed by atoms with van der Waals surface area (Å²) in [4.78, 5) is 49.3. The van der Waals surface area contributed by atoms with Crippen LogP contribution in [0.15, 0.2) is 15.8 Å². The van der Waals surface area contributed by atoms with Gasteiger partial charge < -0.3 is 25.6 Å². The van der Waals surface area contributed by atoms with Gasteiger partial charge in [0.05, 0.1) is 17.1 Å². The van der Waals surface area contributed by atoms with Crippen LogP contribution in [0.5, 0.6) is 0 Å². The molecule has 0 bridgehead atoms. The third-order valence-corrected chi connectivity index (χ3v) is 5.15. The third-order valence-electron chi connectivity index (χ3n) is 4.46. The normalized spacial score (nSPS) is 21.1. The number of anilines is 1. The fourth-order valence-electron chi connectivity index (χ4n) is 2.91. The van der Waals surface area contributed by atoms with Gasteiger partial charge in [0.15, 0.2) is 0 Å². The summed E-state index contributed by atoms with van der Waals surface area (Å²) in [5, 5.41) is 24.2. The fraction of sp³-hybridized carbons (Fsp3) is 0.647. The van der Waals surface area contributed by atoms with Gasteiger partial charge in [-0.2, -0.15) is 0 Å². The zero-order valence-corrected chi connectivity index (χ0v) is 17.9. The molecule has 1 aliphatic rings. The van der Waals surface area contributed by atoms with E-state index in [4.69, 9.17) is 9.84 Å². The highest BCUT2D eigenvalue weighted by Gasteiger charge is 2.35. The van der Waals surface area contributed by atoms with Crippen LogP contribution in [-0.4, -0.2) is 61.4 Å². The van der Waals surface area contributed by atoms with E-state index in [-0.39, 0.29) is 30.3 Å². The molecule has 1 aromatic heterocycles. The second kappa shape index (κ2) is 11.4. The lowest BCUT2D eigenvalue weighted by Gasteiger charge is -2.15. The summed E-state index contributed by atoms with van der Waals surface area (Å²) in [6, 6.07) is 0. The molecule has 1 aromatic rings. The van der Waals surface area contributed by atoms with Crippen LogP contribution < -0.4 is 21.9 Å². The minimum atomic E-state index is -0.941. The number of halogens is 1. The lowest BCUT2D eigenvalue weighted by Crippen LogP contribution is -2.34. The number of nitrogens with one attached hydrogen (secondary N) is 3. The molecule has 3 atom stereocenters. The molecule has 0 aliphatic carbocycles. The molecule has 162 valence electrons. The number of aromatic amines is 1. The first-order valence-corrected chi connectivity index (χ1v) is 10.8. The quantitative estimate of drug-likeness (QED) is 0.153. The zero-order chi connectivity index (χ0) is 21.4. The average molecular weight is 524 g/mol. The number of aromatic nitrogens is 2. The maximum atomic E-state index is 12.1. The largest absolute Gasteiger partial charge is 0.394 e. The Morgan fingerprint density at radius 2 is 2.03 bits per heavy atom. The SMILES string of the molecule is O=C(CI)NCCCCCC(=O)Nc1cn([C@H]2C[C@H](O)[C@@H](CO)O2)c(=O)[nH]c1=O. The van der Waals surface area contributed by atoms with Crippen LogP contribution in [0.3, 0.4) is 0 Å². The summed E-state index contributed by atoms with van der Waals surface area (Å²) < 4.78 is 6.89. The summed E-state index contributed by atoms with van der Waals surface area (Å²) in [5.74, 6) is -0.403. The number of amides is 2. The van der Waals surface area contributed by atoms with Crippen LogP contribution in [-0.2, 0) is 14.3 Å². The van der Waals surface area contributed by atoms with Crippen molar-refractivity contribution < 1.29 is 24.5 Å². The van der Waals surface area contributed by atoms with E-state index in [1.54, 1.807) is 0 Å². The first-order chi connectivity index (χ1) is 13.8. The molecule has 0 saturated carbocycles. The first-order valence-electron chi connectivity index (χ1n) is 9.28. The Labute approximate surface area is 180 Å².